The summed E-state index contributed by atoms with van der Waals surface area (Å²) in [6.45, 7) is 3.97. The minimum atomic E-state index is -4.19. The van der Waals surface area contributed by atoms with Gasteiger partial charge in [-0.25, -0.2) is 8.42 Å². The molecule has 2 heterocycles. The van der Waals surface area contributed by atoms with Crippen LogP contribution in [0.25, 0.3) is 0 Å². The Morgan fingerprint density at radius 1 is 0.939 bits per heavy atom. The van der Waals surface area contributed by atoms with Crippen molar-refractivity contribution in [3.05, 3.63) is 94.0 Å². The Morgan fingerprint density at radius 2 is 1.64 bits per heavy atom. The minimum absolute atomic E-state index is 0.152. The summed E-state index contributed by atoms with van der Waals surface area (Å²) in [5, 5.41) is 0.563. The topological polar surface area (TPSA) is 74.8 Å². The van der Waals surface area contributed by atoms with E-state index in [9.17, 15) is 18.0 Å². The smallest absolute Gasteiger partial charge is 0.274 e. The first kappa shape index (κ1) is 21.7. The number of halogens is 1. The molecule has 6 nitrogen and oxygen atoms in total. The number of anilines is 2. The molecule has 1 saturated heterocycles. The Balaban J connectivity index is 1.73. The fourth-order valence-corrected chi connectivity index (χ4v) is 6.84. The predicted molar refractivity (Wildman–Crippen MR) is 128 cm³/mol. The van der Waals surface area contributed by atoms with Crippen molar-refractivity contribution in [1.82, 2.24) is 0 Å². The van der Waals surface area contributed by atoms with Crippen LogP contribution in [-0.2, 0) is 30.8 Å². The lowest BCUT2D eigenvalue weighted by Crippen LogP contribution is -2.54. The fourth-order valence-electron chi connectivity index (χ4n) is 4.69. The minimum Gasteiger partial charge on any atom is -0.304 e. The molecule has 8 heteroatoms. The number of nitrogens with zero attached hydrogens (tertiary/aromatic N) is 2. The van der Waals surface area contributed by atoms with E-state index in [4.69, 9.17) is 11.6 Å². The summed E-state index contributed by atoms with van der Waals surface area (Å²) in [5.74, 6) is -1.99. The third-order valence-corrected chi connectivity index (χ3v) is 8.78. The van der Waals surface area contributed by atoms with Crippen LogP contribution in [0.15, 0.2) is 66.7 Å². The highest BCUT2D eigenvalue weighted by molar-refractivity contribution is 7.94. The van der Waals surface area contributed by atoms with Crippen molar-refractivity contribution in [2.75, 3.05) is 15.6 Å². The number of carbonyl (C=O) groups excluding carboxylic acids is 2. The van der Waals surface area contributed by atoms with E-state index in [-0.39, 0.29) is 6.54 Å². The Bertz CT molecular complexity index is 1420. The average Bonchev–Trinajstić information content (AvgIpc) is 3.14. The highest BCUT2D eigenvalue weighted by Gasteiger charge is 2.69. The van der Waals surface area contributed by atoms with Gasteiger partial charge in [0.15, 0.2) is 9.84 Å². The third-order valence-electron chi connectivity index (χ3n) is 6.43. The van der Waals surface area contributed by atoms with Crippen molar-refractivity contribution in [3.63, 3.8) is 0 Å². The summed E-state index contributed by atoms with van der Waals surface area (Å²) in [5.41, 5.74) is 3.86. The van der Waals surface area contributed by atoms with E-state index in [1.54, 1.807) is 60.7 Å². The molecule has 1 spiro atoms. The number of benzene rings is 3. The van der Waals surface area contributed by atoms with Crippen LogP contribution in [0.5, 0.6) is 0 Å². The van der Waals surface area contributed by atoms with Gasteiger partial charge in [0, 0.05) is 16.3 Å². The first-order chi connectivity index (χ1) is 15.7. The van der Waals surface area contributed by atoms with E-state index in [0.29, 0.717) is 22.0 Å². The SMILES string of the molecule is Cc1ccc(N2C(=O)CS(=O)(=O)C23C(=O)N(Cc2ccc(Cl)cc2)c2ccccc23)cc1C. The number of aryl methyl sites for hydroxylation is 2. The molecule has 5 rings (SSSR count). The van der Waals surface area contributed by atoms with E-state index >= 15 is 0 Å². The standard InChI is InChI=1S/C25H21ClN2O4S/c1-16-7-12-20(13-17(16)2)28-23(29)15-33(31,32)25(28)21-5-3-4-6-22(21)27(24(25)30)14-18-8-10-19(26)11-9-18/h3-13H,14-15H2,1-2H3. The van der Waals surface area contributed by atoms with E-state index < -0.39 is 32.3 Å². The zero-order valence-electron chi connectivity index (χ0n) is 18.1. The average molecular weight is 481 g/mol. The normalized spacial score (nSPS) is 21.2. The van der Waals surface area contributed by atoms with Crippen LogP contribution < -0.4 is 9.80 Å². The fraction of sp³-hybridized carbons (Fsp3) is 0.200. The molecule has 0 bridgehead atoms. The molecule has 0 saturated carbocycles. The number of carbonyl (C=O) groups is 2. The molecule has 2 aliphatic heterocycles. The molecule has 0 N–H and O–H groups in total. The molecular formula is C25H21ClN2O4S. The van der Waals surface area contributed by atoms with Crippen molar-refractivity contribution in [2.45, 2.75) is 25.3 Å². The molecule has 1 unspecified atom stereocenters. The molecule has 2 amide bonds. The monoisotopic (exact) mass is 480 g/mol. The molecule has 0 aliphatic carbocycles. The molecule has 33 heavy (non-hydrogen) atoms. The van der Waals surface area contributed by atoms with Gasteiger partial charge < -0.3 is 4.90 Å². The molecule has 3 aromatic rings. The number of amides is 2. The lowest BCUT2D eigenvalue weighted by atomic mass is 10.0. The van der Waals surface area contributed by atoms with Crippen LogP contribution in [0.3, 0.4) is 0 Å². The number of hydrogen-bond donors (Lipinski definition) is 0. The second-order valence-corrected chi connectivity index (χ2v) is 11.0. The van der Waals surface area contributed by atoms with Crippen molar-refractivity contribution < 1.29 is 18.0 Å². The second-order valence-electron chi connectivity index (χ2n) is 8.44. The van der Waals surface area contributed by atoms with Gasteiger partial charge in [0.1, 0.15) is 5.75 Å². The number of para-hydroxylation sites is 1. The summed E-state index contributed by atoms with van der Waals surface area (Å²) >= 11 is 6.00. The molecule has 3 aromatic carbocycles. The Labute approximate surface area is 197 Å². The Hall–Kier alpha value is -3.16. The van der Waals surface area contributed by atoms with Gasteiger partial charge in [-0.2, -0.15) is 0 Å². The molecule has 2 aliphatic rings. The van der Waals surface area contributed by atoms with E-state index in [1.165, 1.54) is 9.80 Å². The second kappa shape index (κ2) is 7.43. The zero-order valence-corrected chi connectivity index (χ0v) is 19.7. The van der Waals surface area contributed by atoms with Gasteiger partial charge in [0.2, 0.25) is 5.91 Å². The lowest BCUT2D eigenvalue weighted by molar-refractivity contribution is -0.123. The molecule has 1 atom stereocenters. The van der Waals surface area contributed by atoms with Gasteiger partial charge in [-0.3, -0.25) is 14.5 Å². The molecule has 168 valence electrons. The summed E-state index contributed by atoms with van der Waals surface area (Å²) in [4.78, 5) is 27.7. The highest BCUT2D eigenvalue weighted by Crippen LogP contribution is 2.52. The van der Waals surface area contributed by atoms with Crippen LogP contribution in [-0.4, -0.2) is 26.0 Å². The summed E-state index contributed by atoms with van der Waals surface area (Å²) in [6.07, 6.45) is 0. The maximum Gasteiger partial charge on any atom is 0.274 e. The van der Waals surface area contributed by atoms with Crippen LogP contribution in [0.1, 0.15) is 22.3 Å². The highest BCUT2D eigenvalue weighted by atomic mass is 35.5. The zero-order chi connectivity index (χ0) is 23.5. The van der Waals surface area contributed by atoms with Gasteiger partial charge >= 0.3 is 0 Å². The maximum atomic E-state index is 14.1. The molecule has 0 radical (unpaired) electrons. The Kier molecular flexibility index (Phi) is 4.88. The van der Waals surface area contributed by atoms with Crippen molar-refractivity contribution >= 4 is 44.6 Å². The number of sulfone groups is 1. The summed E-state index contributed by atoms with van der Waals surface area (Å²) < 4.78 is 27.2. The maximum absolute atomic E-state index is 14.1. The van der Waals surface area contributed by atoms with Crippen LogP contribution in [0.2, 0.25) is 5.02 Å². The quantitative estimate of drug-likeness (QED) is 0.565. The molecule has 0 aromatic heterocycles. The molecule has 1 fully saturated rings. The van der Waals surface area contributed by atoms with E-state index in [0.717, 1.165) is 16.7 Å². The molecular weight excluding hydrogens is 460 g/mol. The number of hydrogen-bond acceptors (Lipinski definition) is 4. The van der Waals surface area contributed by atoms with E-state index in [1.807, 2.05) is 19.9 Å². The van der Waals surface area contributed by atoms with Gasteiger partial charge in [-0.15, -0.1) is 0 Å². The number of rotatable bonds is 3. The van der Waals surface area contributed by atoms with Crippen LogP contribution >= 0.6 is 11.6 Å². The van der Waals surface area contributed by atoms with Crippen molar-refractivity contribution in [1.29, 1.82) is 0 Å². The van der Waals surface area contributed by atoms with E-state index in [2.05, 4.69) is 0 Å². The third kappa shape index (κ3) is 3.03. The van der Waals surface area contributed by atoms with Gasteiger partial charge in [0.05, 0.1) is 12.2 Å². The van der Waals surface area contributed by atoms with Crippen molar-refractivity contribution in [2.24, 2.45) is 0 Å². The number of fused-ring (bicyclic) bond motifs is 2. The van der Waals surface area contributed by atoms with Crippen molar-refractivity contribution in [3.8, 4) is 0 Å². The van der Waals surface area contributed by atoms with Crippen LogP contribution in [0.4, 0.5) is 11.4 Å². The Morgan fingerprint density at radius 3 is 2.33 bits per heavy atom. The van der Waals surface area contributed by atoms with Gasteiger partial charge in [-0.1, -0.05) is 48.0 Å². The predicted octanol–water partition coefficient (Wildman–Crippen LogP) is 4.12. The first-order valence-corrected chi connectivity index (χ1v) is 12.5. The summed E-state index contributed by atoms with van der Waals surface area (Å²) in [7, 11) is -4.19. The lowest BCUT2D eigenvalue weighted by Gasteiger charge is -2.33. The van der Waals surface area contributed by atoms with Crippen LogP contribution in [0, 0.1) is 13.8 Å². The van der Waals surface area contributed by atoms with Gasteiger partial charge in [-0.05, 0) is 60.9 Å². The largest absolute Gasteiger partial charge is 0.304 e. The summed E-state index contributed by atoms with van der Waals surface area (Å²) in [6, 6.07) is 19.1. The van der Waals surface area contributed by atoms with Gasteiger partial charge in [0.25, 0.3) is 10.8 Å². The first-order valence-electron chi connectivity index (χ1n) is 10.5.